The first-order valence-corrected chi connectivity index (χ1v) is 7.08. The first-order valence-electron chi connectivity index (χ1n) is 7.08. The van der Waals surface area contributed by atoms with Crippen LogP contribution < -0.4 is 10.5 Å². The van der Waals surface area contributed by atoms with E-state index in [1.54, 1.807) is 7.11 Å². The van der Waals surface area contributed by atoms with Gasteiger partial charge in [-0.15, -0.1) is 0 Å². The second kappa shape index (κ2) is 5.92. The predicted molar refractivity (Wildman–Crippen MR) is 76.3 cm³/mol. The third kappa shape index (κ3) is 2.62. The van der Waals surface area contributed by atoms with Gasteiger partial charge in [-0.25, -0.2) is 4.68 Å². The standard InChI is InChI=1S/C14H26N4O/c1-10-12(14(19-4)18(3)16-10)13-11(9-15)7-5-6-8-17(13)2/h11,13H,5-9,15H2,1-4H3. The van der Waals surface area contributed by atoms with Crippen molar-refractivity contribution in [3.63, 3.8) is 0 Å². The molecule has 0 radical (unpaired) electrons. The highest BCUT2D eigenvalue weighted by Crippen LogP contribution is 2.39. The van der Waals surface area contributed by atoms with Crippen molar-refractivity contribution < 1.29 is 4.74 Å². The molecule has 5 heteroatoms. The molecule has 19 heavy (non-hydrogen) atoms. The van der Waals surface area contributed by atoms with Crippen LogP contribution in [-0.4, -0.2) is 41.9 Å². The van der Waals surface area contributed by atoms with Gasteiger partial charge in [0.25, 0.3) is 0 Å². The second-order valence-corrected chi connectivity index (χ2v) is 5.55. The SMILES string of the molecule is COc1c(C2C(CN)CCCCN2C)c(C)nn1C. The van der Waals surface area contributed by atoms with Crippen LogP contribution in [0.2, 0.25) is 0 Å². The van der Waals surface area contributed by atoms with Gasteiger partial charge < -0.3 is 10.5 Å². The van der Waals surface area contributed by atoms with Crippen molar-refractivity contribution in [1.29, 1.82) is 0 Å². The highest BCUT2D eigenvalue weighted by atomic mass is 16.5. The number of nitrogens with zero attached hydrogens (tertiary/aromatic N) is 3. The maximum atomic E-state index is 6.02. The fourth-order valence-corrected chi connectivity index (χ4v) is 3.36. The summed E-state index contributed by atoms with van der Waals surface area (Å²) in [5.74, 6) is 1.35. The minimum atomic E-state index is 0.316. The zero-order valence-electron chi connectivity index (χ0n) is 12.5. The fourth-order valence-electron chi connectivity index (χ4n) is 3.36. The van der Waals surface area contributed by atoms with Gasteiger partial charge in [-0.1, -0.05) is 6.42 Å². The van der Waals surface area contributed by atoms with Gasteiger partial charge in [-0.2, -0.15) is 5.10 Å². The number of methoxy groups -OCH3 is 1. The van der Waals surface area contributed by atoms with Crippen molar-refractivity contribution in [3.05, 3.63) is 11.3 Å². The number of nitrogens with two attached hydrogens (primary N) is 1. The third-order valence-corrected chi connectivity index (χ3v) is 4.26. The normalized spacial score (nSPS) is 25.3. The fraction of sp³-hybridized carbons (Fsp3) is 0.786. The quantitative estimate of drug-likeness (QED) is 0.900. The summed E-state index contributed by atoms with van der Waals surface area (Å²) in [4.78, 5) is 2.41. The number of likely N-dealkylation sites (tertiary alicyclic amines) is 1. The molecule has 1 fully saturated rings. The topological polar surface area (TPSA) is 56.3 Å². The summed E-state index contributed by atoms with van der Waals surface area (Å²) in [6.07, 6.45) is 3.68. The Labute approximate surface area is 115 Å². The Balaban J connectivity index is 2.46. The van der Waals surface area contributed by atoms with Gasteiger partial charge in [-0.05, 0) is 45.8 Å². The Kier molecular flexibility index (Phi) is 4.47. The van der Waals surface area contributed by atoms with Gasteiger partial charge in [0.2, 0.25) is 5.88 Å². The van der Waals surface area contributed by atoms with Crippen LogP contribution >= 0.6 is 0 Å². The van der Waals surface area contributed by atoms with E-state index >= 15 is 0 Å². The lowest BCUT2D eigenvalue weighted by molar-refractivity contribution is 0.190. The van der Waals surface area contributed by atoms with Gasteiger partial charge in [0.15, 0.2) is 0 Å². The Morgan fingerprint density at radius 1 is 1.37 bits per heavy atom. The minimum Gasteiger partial charge on any atom is -0.481 e. The molecule has 1 aliphatic heterocycles. The Morgan fingerprint density at radius 3 is 2.74 bits per heavy atom. The van der Waals surface area contributed by atoms with Crippen LogP contribution in [0, 0.1) is 12.8 Å². The van der Waals surface area contributed by atoms with Crippen LogP contribution in [0.1, 0.15) is 36.6 Å². The minimum absolute atomic E-state index is 0.316. The molecule has 108 valence electrons. The molecule has 1 aromatic heterocycles. The van der Waals surface area contributed by atoms with Crippen molar-refractivity contribution in [2.75, 3.05) is 27.2 Å². The third-order valence-electron chi connectivity index (χ3n) is 4.26. The second-order valence-electron chi connectivity index (χ2n) is 5.55. The largest absolute Gasteiger partial charge is 0.481 e. The lowest BCUT2D eigenvalue weighted by Crippen LogP contribution is -2.33. The number of hydrogen-bond donors (Lipinski definition) is 1. The lowest BCUT2D eigenvalue weighted by Gasteiger charge is -2.32. The summed E-state index contributed by atoms with van der Waals surface area (Å²) in [6.45, 7) is 3.88. The Morgan fingerprint density at radius 2 is 2.11 bits per heavy atom. The summed E-state index contributed by atoms with van der Waals surface area (Å²) in [6, 6.07) is 0.316. The molecule has 0 aliphatic carbocycles. The Bertz CT molecular complexity index is 429. The van der Waals surface area contributed by atoms with E-state index < -0.39 is 0 Å². The molecule has 2 unspecified atom stereocenters. The molecule has 2 atom stereocenters. The van der Waals surface area contributed by atoms with Crippen molar-refractivity contribution in [3.8, 4) is 5.88 Å². The maximum Gasteiger partial charge on any atom is 0.216 e. The number of aryl methyl sites for hydroxylation is 2. The molecule has 2 rings (SSSR count). The van der Waals surface area contributed by atoms with Crippen LogP contribution in [0.3, 0.4) is 0 Å². The summed E-state index contributed by atoms with van der Waals surface area (Å²) in [7, 11) is 5.84. The van der Waals surface area contributed by atoms with Crippen molar-refractivity contribution in [2.45, 2.75) is 32.2 Å². The van der Waals surface area contributed by atoms with E-state index in [2.05, 4.69) is 24.0 Å². The number of rotatable bonds is 3. The molecule has 2 N–H and O–H groups in total. The molecular weight excluding hydrogens is 240 g/mol. The van der Waals surface area contributed by atoms with E-state index in [4.69, 9.17) is 10.5 Å². The maximum absolute atomic E-state index is 6.02. The molecule has 0 amide bonds. The van der Waals surface area contributed by atoms with Crippen LogP contribution in [0.15, 0.2) is 0 Å². The van der Waals surface area contributed by atoms with Crippen molar-refractivity contribution in [1.82, 2.24) is 14.7 Å². The summed E-state index contributed by atoms with van der Waals surface area (Å²) in [5.41, 5.74) is 8.28. The molecule has 0 spiro atoms. The molecule has 0 aromatic carbocycles. The van der Waals surface area contributed by atoms with Crippen LogP contribution in [0.5, 0.6) is 5.88 Å². The van der Waals surface area contributed by atoms with Crippen molar-refractivity contribution >= 4 is 0 Å². The van der Waals surface area contributed by atoms with E-state index in [0.29, 0.717) is 18.5 Å². The van der Waals surface area contributed by atoms with Crippen LogP contribution in [-0.2, 0) is 7.05 Å². The van der Waals surface area contributed by atoms with Gasteiger partial charge >= 0.3 is 0 Å². The zero-order chi connectivity index (χ0) is 14.0. The molecular formula is C14H26N4O. The number of hydrogen-bond acceptors (Lipinski definition) is 4. The molecule has 1 saturated heterocycles. The molecule has 0 bridgehead atoms. The summed E-state index contributed by atoms with van der Waals surface area (Å²) < 4.78 is 7.40. The van der Waals surface area contributed by atoms with Crippen LogP contribution in [0.25, 0.3) is 0 Å². The molecule has 1 aliphatic rings. The molecule has 5 nitrogen and oxygen atoms in total. The molecule has 2 heterocycles. The van der Waals surface area contributed by atoms with Crippen molar-refractivity contribution in [2.24, 2.45) is 18.7 Å². The Hall–Kier alpha value is -1.07. The summed E-state index contributed by atoms with van der Waals surface area (Å²) >= 11 is 0. The molecule has 1 aromatic rings. The van der Waals surface area contributed by atoms with Gasteiger partial charge in [0.05, 0.1) is 18.4 Å². The number of ether oxygens (including phenoxy) is 1. The van der Waals surface area contributed by atoms with E-state index in [1.807, 2.05) is 11.7 Å². The van der Waals surface area contributed by atoms with E-state index in [1.165, 1.54) is 24.8 Å². The molecule has 0 saturated carbocycles. The van der Waals surface area contributed by atoms with E-state index in [-0.39, 0.29) is 0 Å². The first-order chi connectivity index (χ1) is 9.10. The highest BCUT2D eigenvalue weighted by molar-refractivity contribution is 5.35. The van der Waals surface area contributed by atoms with Gasteiger partial charge in [0, 0.05) is 13.1 Å². The van der Waals surface area contributed by atoms with E-state index in [9.17, 15) is 0 Å². The first kappa shape index (κ1) is 14.3. The number of aromatic nitrogens is 2. The average Bonchev–Trinajstić information content (AvgIpc) is 2.55. The van der Waals surface area contributed by atoms with Crippen LogP contribution in [0.4, 0.5) is 0 Å². The van der Waals surface area contributed by atoms with Gasteiger partial charge in [0.1, 0.15) is 0 Å². The highest BCUT2D eigenvalue weighted by Gasteiger charge is 2.33. The lowest BCUT2D eigenvalue weighted by atomic mass is 9.89. The average molecular weight is 266 g/mol. The predicted octanol–water partition coefficient (Wildman–Crippen LogP) is 1.47. The zero-order valence-corrected chi connectivity index (χ0v) is 12.5. The van der Waals surface area contributed by atoms with Gasteiger partial charge in [-0.3, -0.25) is 4.90 Å². The monoisotopic (exact) mass is 266 g/mol. The summed E-state index contributed by atoms with van der Waals surface area (Å²) in [5, 5.41) is 4.52. The smallest absolute Gasteiger partial charge is 0.216 e. The van der Waals surface area contributed by atoms with E-state index in [0.717, 1.165) is 18.1 Å².